The lowest BCUT2D eigenvalue weighted by Crippen LogP contribution is -2.19. The van der Waals surface area contributed by atoms with Crippen molar-refractivity contribution in [2.24, 2.45) is 12.0 Å². The molecule has 2 heterocycles. The molecule has 0 fully saturated rings. The second-order valence-corrected chi connectivity index (χ2v) is 5.10. The Balaban J connectivity index is 2.01. The lowest BCUT2D eigenvalue weighted by molar-refractivity contribution is -0.402. The highest BCUT2D eigenvalue weighted by Crippen LogP contribution is 2.18. The van der Waals surface area contributed by atoms with Crippen LogP contribution in [-0.2, 0) is 7.05 Å². The Hall–Kier alpha value is -3.42. The molecule has 3 aromatic rings. The number of nitro groups is 1. The van der Waals surface area contributed by atoms with Gasteiger partial charge < -0.3 is 4.42 Å². The van der Waals surface area contributed by atoms with E-state index in [1.54, 1.807) is 18.7 Å². The van der Waals surface area contributed by atoms with Crippen LogP contribution < -0.4 is 5.56 Å². The van der Waals surface area contributed by atoms with Crippen molar-refractivity contribution in [3.8, 4) is 5.69 Å². The zero-order valence-corrected chi connectivity index (χ0v) is 13.0. The van der Waals surface area contributed by atoms with Gasteiger partial charge in [0.25, 0.3) is 5.56 Å². The first-order valence-electron chi connectivity index (χ1n) is 7.11. The monoisotopic (exact) mass is 326 g/mol. The highest BCUT2D eigenvalue weighted by atomic mass is 16.6. The van der Waals surface area contributed by atoms with Crippen LogP contribution in [-0.4, -0.2) is 20.5 Å². The van der Waals surface area contributed by atoms with Gasteiger partial charge in [-0.1, -0.05) is 18.2 Å². The summed E-state index contributed by atoms with van der Waals surface area (Å²) >= 11 is 0. The normalized spacial score (nSPS) is 11.2. The zero-order valence-electron chi connectivity index (χ0n) is 13.0. The Labute approximate surface area is 136 Å². The fraction of sp³-hybridized carbons (Fsp3) is 0.125. The fourth-order valence-electron chi connectivity index (χ4n) is 2.34. The summed E-state index contributed by atoms with van der Waals surface area (Å²) < 4.78 is 8.21. The van der Waals surface area contributed by atoms with Crippen molar-refractivity contribution in [1.82, 2.24) is 9.36 Å². The van der Waals surface area contributed by atoms with Crippen LogP contribution in [0.2, 0.25) is 0 Å². The summed E-state index contributed by atoms with van der Waals surface area (Å²) in [5.74, 6) is -0.168. The van der Waals surface area contributed by atoms with Crippen molar-refractivity contribution in [2.45, 2.75) is 6.92 Å². The quantitative estimate of drug-likeness (QED) is 0.418. The average Bonchev–Trinajstić information content (AvgIpc) is 3.12. The minimum absolute atomic E-state index is 0.204. The number of aromatic nitrogens is 2. The molecular weight excluding hydrogens is 312 g/mol. The molecule has 8 nitrogen and oxygen atoms in total. The molecule has 0 aliphatic rings. The van der Waals surface area contributed by atoms with E-state index in [0.29, 0.717) is 5.69 Å². The number of hydrogen-bond donors (Lipinski definition) is 0. The first-order valence-corrected chi connectivity index (χ1v) is 7.11. The molecule has 0 radical (unpaired) electrons. The Morgan fingerprint density at radius 2 is 1.92 bits per heavy atom. The zero-order chi connectivity index (χ0) is 17.3. The van der Waals surface area contributed by atoms with E-state index >= 15 is 0 Å². The molecular formula is C16H14N4O4. The largest absolute Gasteiger partial charge is 0.433 e. The van der Waals surface area contributed by atoms with Gasteiger partial charge in [-0.05, 0) is 25.1 Å². The first-order chi connectivity index (χ1) is 11.5. The molecule has 0 atom stereocenters. The van der Waals surface area contributed by atoms with E-state index in [2.05, 4.69) is 4.99 Å². The molecule has 2 aromatic heterocycles. The number of benzene rings is 1. The molecule has 0 bridgehead atoms. The molecule has 0 saturated heterocycles. The van der Waals surface area contributed by atoms with Crippen LogP contribution in [0.1, 0.15) is 11.5 Å². The van der Waals surface area contributed by atoms with E-state index in [0.717, 1.165) is 5.69 Å². The second kappa shape index (κ2) is 5.99. The fourth-order valence-corrected chi connectivity index (χ4v) is 2.34. The lowest BCUT2D eigenvalue weighted by atomic mass is 10.3. The summed E-state index contributed by atoms with van der Waals surface area (Å²) in [4.78, 5) is 26.8. The highest BCUT2D eigenvalue weighted by Gasteiger charge is 2.15. The van der Waals surface area contributed by atoms with Gasteiger partial charge in [-0.15, -0.1) is 0 Å². The maximum absolute atomic E-state index is 12.6. The van der Waals surface area contributed by atoms with Crippen LogP contribution in [0.5, 0.6) is 0 Å². The van der Waals surface area contributed by atoms with Gasteiger partial charge in [0.2, 0.25) is 0 Å². The molecule has 0 saturated carbocycles. The van der Waals surface area contributed by atoms with E-state index in [9.17, 15) is 14.9 Å². The molecule has 122 valence electrons. The maximum atomic E-state index is 12.6. The van der Waals surface area contributed by atoms with Gasteiger partial charge in [-0.25, -0.2) is 9.67 Å². The maximum Gasteiger partial charge on any atom is 0.433 e. The molecule has 24 heavy (non-hydrogen) atoms. The Bertz CT molecular complexity index is 979. The lowest BCUT2D eigenvalue weighted by Gasteiger charge is -2.07. The predicted octanol–water partition coefficient (Wildman–Crippen LogP) is 2.74. The van der Waals surface area contributed by atoms with Crippen molar-refractivity contribution >= 4 is 17.8 Å². The Kier molecular flexibility index (Phi) is 3.87. The second-order valence-electron chi connectivity index (χ2n) is 5.10. The van der Waals surface area contributed by atoms with Gasteiger partial charge in [-0.2, -0.15) is 0 Å². The van der Waals surface area contributed by atoms with Crippen LogP contribution >= 0.6 is 0 Å². The van der Waals surface area contributed by atoms with Crippen molar-refractivity contribution in [3.05, 3.63) is 74.4 Å². The third-order valence-corrected chi connectivity index (χ3v) is 3.64. The molecule has 1 aromatic carbocycles. The van der Waals surface area contributed by atoms with Crippen LogP contribution in [0.3, 0.4) is 0 Å². The number of hydrogen-bond acceptors (Lipinski definition) is 5. The van der Waals surface area contributed by atoms with Crippen molar-refractivity contribution in [3.63, 3.8) is 0 Å². The number of para-hydroxylation sites is 1. The Morgan fingerprint density at radius 3 is 2.54 bits per heavy atom. The van der Waals surface area contributed by atoms with E-state index in [1.165, 1.54) is 23.0 Å². The summed E-state index contributed by atoms with van der Waals surface area (Å²) in [6, 6.07) is 11.9. The van der Waals surface area contributed by atoms with E-state index in [1.807, 2.05) is 30.3 Å². The molecule has 8 heteroatoms. The van der Waals surface area contributed by atoms with Crippen LogP contribution in [0.4, 0.5) is 11.6 Å². The SMILES string of the molecule is Cc1c(N=Cc2ccc([N+](=O)[O-])o2)c(=O)n(-c2ccccc2)n1C. The van der Waals surface area contributed by atoms with E-state index in [-0.39, 0.29) is 22.9 Å². The third kappa shape index (κ3) is 2.65. The summed E-state index contributed by atoms with van der Waals surface area (Å²) in [6.45, 7) is 1.78. The Morgan fingerprint density at radius 1 is 1.21 bits per heavy atom. The van der Waals surface area contributed by atoms with Crippen molar-refractivity contribution in [2.75, 3.05) is 0 Å². The minimum atomic E-state index is -0.631. The number of furan rings is 1. The van der Waals surface area contributed by atoms with E-state index < -0.39 is 4.92 Å². The molecule has 0 spiro atoms. The standard InChI is InChI=1S/C16H14N4O4/c1-11-15(17-10-13-8-9-14(24-13)20(22)23)16(21)19(18(11)2)12-6-4-3-5-7-12/h3-10H,1-2H3. The molecule has 0 aliphatic carbocycles. The number of rotatable bonds is 4. The van der Waals surface area contributed by atoms with Gasteiger partial charge in [0, 0.05) is 7.05 Å². The molecule has 3 rings (SSSR count). The topological polar surface area (TPSA) is 95.6 Å². The molecule has 0 aliphatic heterocycles. The van der Waals surface area contributed by atoms with Gasteiger partial charge >= 0.3 is 5.88 Å². The minimum Gasteiger partial charge on any atom is -0.400 e. The van der Waals surface area contributed by atoms with Crippen molar-refractivity contribution in [1.29, 1.82) is 0 Å². The summed E-state index contributed by atoms with van der Waals surface area (Å²) in [5, 5.41) is 10.6. The number of aliphatic imine (C=N–C) groups is 1. The summed E-state index contributed by atoms with van der Waals surface area (Å²) in [5.41, 5.74) is 1.36. The van der Waals surface area contributed by atoms with Crippen LogP contribution in [0, 0.1) is 17.0 Å². The van der Waals surface area contributed by atoms with Gasteiger partial charge in [-0.3, -0.25) is 19.6 Å². The van der Waals surface area contributed by atoms with Gasteiger partial charge in [0.05, 0.1) is 23.7 Å². The molecule has 0 amide bonds. The summed E-state index contributed by atoms with van der Waals surface area (Å²) in [7, 11) is 1.76. The first kappa shape index (κ1) is 15.5. The van der Waals surface area contributed by atoms with Crippen LogP contribution in [0.25, 0.3) is 5.69 Å². The molecule has 0 N–H and O–H groups in total. The van der Waals surface area contributed by atoms with Gasteiger partial charge in [0.15, 0.2) is 11.4 Å². The molecule has 0 unspecified atom stereocenters. The smallest absolute Gasteiger partial charge is 0.400 e. The summed E-state index contributed by atoms with van der Waals surface area (Å²) in [6.07, 6.45) is 1.30. The third-order valence-electron chi connectivity index (χ3n) is 3.64. The van der Waals surface area contributed by atoms with Crippen LogP contribution in [0.15, 0.2) is 56.7 Å². The highest BCUT2D eigenvalue weighted by molar-refractivity contribution is 5.79. The van der Waals surface area contributed by atoms with E-state index in [4.69, 9.17) is 4.42 Å². The average molecular weight is 326 g/mol. The van der Waals surface area contributed by atoms with Gasteiger partial charge in [0.1, 0.15) is 4.92 Å². The van der Waals surface area contributed by atoms with Crippen molar-refractivity contribution < 1.29 is 9.34 Å². The predicted molar refractivity (Wildman–Crippen MR) is 88.4 cm³/mol. The number of nitrogens with zero attached hydrogens (tertiary/aromatic N) is 4.